The van der Waals surface area contributed by atoms with E-state index in [2.05, 4.69) is 11.8 Å². The quantitative estimate of drug-likeness (QED) is 0.689. The summed E-state index contributed by atoms with van der Waals surface area (Å²) in [6.07, 6.45) is 2.85. The third-order valence-electron chi connectivity index (χ3n) is 3.31. The van der Waals surface area contributed by atoms with E-state index in [4.69, 9.17) is 0 Å². The maximum atomic E-state index is 12.4. The van der Waals surface area contributed by atoms with Gasteiger partial charge in [0, 0.05) is 10.9 Å². The monoisotopic (exact) mass is 305 g/mol. The van der Waals surface area contributed by atoms with Crippen LogP contribution in [0.15, 0.2) is 23.1 Å². The minimum absolute atomic E-state index is 0.0345. The fourth-order valence-electron chi connectivity index (χ4n) is 2.02. The van der Waals surface area contributed by atoms with Crippen molar-refractivity contribution in [1.82, 2.24) is 4.90 Å². The number of nitrogens with zero attached hydrogens (tertiary/aromatic N) is 1. The van der Waals surface area contributed by atoms with E-state index in [1.807, 2.05) is 27.1 Å². The lowest BCUT2D eigenvalue weighted by Gasteiger charge is -2.19. The van der Waals surface area contributed by atoms with Crippen LogP contribution in [0.4, 0.5) is 13.2 Å². The minimum Gasteiger partial charge on any atom is -0.307 e. The molecule has 5 heteroatoms. The molecule has 0 aliphatic carbocycles. The first-order valence-electron chi connectivity index (χ1n) is 6.70. The second-order valence-electron chi connectivity index (χ2n) is 5.41. The van der Waals surface area contributed by atoms with Gasteiger partial charge in [-0.25, -0.2) is 0 Å². The summed E-state index contributed by atoms with van der Waals surface area (Å²) in [5.41, 5.74) is -2.34. The number of thioether (sulfide) groups is 1. The molecule has 0 aromatic heterocycles. The predicted octanol–water partition coefficient (Wildman–Crippen LogP) is 4.88. The molecular weight excluding hydrogens is 283 g/mol. The van der Waals surface area contributed by atoms with Crippen molar-refractivity contribution in [3.05, 3.63) is 29.3 Å². The van der Waals surface area contributed by atoms with Crippen LogP contribution in [0.25, 0.3) is 0 Å². The SMILES string of the molecule is Cc1cc(CCC[C@H](C)N(C)C)cc(SC(F)(F)F)c1. The van der Waals surface area contributed by atoms with E-state index in [9.17, 15) is 13.2 Å². The van der Waals surface area contributed by atoms with Crippen LogP contribution in [0.5, 0.6) is 0 Å². The lowest BCUT2D eigenvalue weighted by atomic mass is 10.0. The summed E-state index contributed by atoms with van der Waals surface area (Å²) in [4.78, 5) is 2.44. The van der Waals surface area contributed by atoms with Crippen LogP contribution in [0.1, 0.15) is 30.9 Å². The minimum atomic E-state index is -4.22. The molecule has 0 radical (unpaired) electrons. The van der Waals surface area contributed by atoms with Gasteiger partial charge in [0.2, 0.25) is 0 Å². The van der Waals surface area contributed by atoms with E-state index < -0.39 is 5.51 Å². The molecule has 1 aromatic carbocycles. The van der Waals surface area contributed by atoms with Crippen LogP contribution in [-0.2, 0) is 6.42 Å². The lowest BCUT2D eigenvalue weighted by Crippen LogP contribution is -2.24. The molecule has 1 nitrogen and oxygen atoms in total. The molecule has 0 fully saturated rings. The Hall–Kier alpha value is -0.680. The predicted molar refractivity (Wildman–Crippen MR) is 79.2 cm³/mol. The molecule has 1 aromatic rings. The largest absolute Gasteiger partial charge is 0.446 e. The summed E-state index contributed by atoms with van der Waals surface area (Å²) in [7, 11) is 4.07. The Balaban J connectivity index is 2.62. The van der Waals surface area contributed by atoms with Crippen molar-refractivity contribution in [2.75, 3.05) is 14.1 Å². The van der Waals surface area contributed by atoms with Crippen molar-refractivity contribution < 1.29 is 13.2 Å². The summed E-state index contributed by atoms with van der Waals surface area (Å²) in [6.45, 7) is 3.99. The van der Waals surface area contributed by atoms with Crippen LogP contribution < -0.4 is 0 Å². The Labute approximate surface area is 123 Å². The van der Waals surface area contributed by atoms with Crippen LogP contribution >= 0.6 is 11.8 Å². The number of rotatable bonds is 6. The first kappa shape index (κ1) is 17.4. The van der Waals surface area contributed by atoms with Gasteiger partial charge in [0.05, 0.1) is 0 Å². The Morgan fingerprint density at radius 1 is 1.20 bits per heavy atom. The average Bonchev–Trinajstić information content (AvgIpc) is 2.25. The van der Waals surface area contributed by atoms with E-state index in [-0.39, 0.29) is 16.7 Å². The maximum absolute atomic E-state index is 12.4. The van der Waals surface area contributed by atoms with E-state index in [0.29, 0.717) is 6.04 Å². The molecule has 0 N–H and O–H groups in total. The van der Waals surface area contributed by atoms with Gasteiger partial charge in [0.1, 0.15) is 0 Å². The zero-order valence-electron chi connectivity index (χ0n) is 12.4. The van der Waals surface area contributed by atoms with Gasteiger partial charge >= 0.3 is 5.51 Å². The van der Waals surface area contributed by atoms with Gasteiger partial charge in [0.25, 0.3) is 0 Å². The van der Waals surface area contributed by atoms with Gasteiger partial charge in [-0.3, -0.25) is 0 Å². The maximum Gasteiger partial charge on any atom is 0.446 e. The highest BCUT2D eigenvalue weighted by molar-refractivity contribution is 8.00. The Bertz CT molecular complexity index is 430. The van der Waals surface area contributed by atoms with Crippen molar-refractivity contribution in [3.63, 3.8) is 0 Å². The highest BCUT2D eigenvalue weighted by Crippen LogP contribution is 2.37. The second kappa shape index (κ2) is 7.36. The molecule has 0 aliphatic rings. The molecule has 1 atom stereocenters. The number of hydrogen-bond acceptors (Lipinski definition) is 2. The van der Waals surface area contributed by atoms with Crippen LogP contribution in [0.3, 0.4) is 0 Å². The van der Waals surface area contributed by atoms with Gasteiger partial charge in [0.15, 0.2) is 0 Å². The van der Waals surface area contributed by atoms with Gasteiger partial charge in [-0.05, 0) is 82.2 Å². The van der Waals surface area contributed by atoms with Crippen LogP contribution in [-0.4, -0.2) is 30.5 Å². The molecule has 0 heterocycles. The summed E-state index contributed by atoms with van der Waals surface area (Å²) in [6, 6.07) is 5.71. The zero-order valence-corrected chi connectivity index (χ0v) is 13.2. The molecule has 20 heavy (non-hydrogen) atoms. The van der Waals surface area contributed by atoms with Crippen molar-refractivity contribution in [2.24, 2.45) is 0 Å². The van der Waals surface area contributed by atoms with E-state index in [0.717, 1.165) is 30.4 Å². The third-order valence-corrected chi connectivity index (χ3v) is 4.02. The third kappa shape index (κ3) is 6.66. The smallest absolute Gasteiger partial charge is 0.307 e. The first-order valence-corrected chi connectivity index (χ1v) is 7.52. The molecule has 0 amide bonds. The van der Waals surface area contributed by atoms with Gasteiger partial charge in [-0.15, -0.1) is 0 Å². The zero-order chi connectivity index (χ0) is 15.3. The molecule has 1 rings (SSSR count). The van der Waals surface area contributed by atoms with E-state index in [1.54, 1.807) is 12.1 Å². The Morgan fingerprint density at radius 3 is 2.40 bits per heavy atom. The molecule has 0 saturated carbocycles. The lowest BCUT2D eigenvalue weighted by molar-refractivity contribution is -0.0328. The molecule has 0 spiro atoms. The normalized spacial score (nSPS) is 13.8. The standard InChI is InChI=1S/C15H22F3NS/c1-11-8-13(7-5-6-12(2)19(3)4)10-14(9-11)20-15(16,17)18/h8-10,12H,5-7H2,1-4H3/t12-/m0/s1. The number of halogens is 3. The van der Waals surface area contributed by atoms with Crippen molar-refractivity contribution in [1.29, 1.82) is 0 Å². The van der Waals surface area contributed by atoms with Crippen LogP contribution in [0, 0.1) is 6.92 Å². The summed E-state index contributed by atoms with van der Waals surface area (Å²) < 4.78 is 37.2. The van der Waals surface area contributed by atoms with Crippen molar-refractivity contribution >= 4 is 11.8 Å². The highest BCUT2D eigenvalue weighted by atomic mass is 32.2. The molecule has 114 valence electrons. The number of alkyl halides is 3. The molecule has 0 bridgehead atoms. The van der Waals surface area contributed by atoms with Crippen molar-refractivity contribution in [3.8, 4) is 0 Å². The molecule has 0 aliphatic heterocycles. The molecule has 0 unspecified atom stereocenters. The van der Waals surface area contributed by atoms with Crippen molar-refractivity contribution in [2.45, 2.75) is 49.6 Å². The number of aryl methyl sites for hydroxylation is 2. The first-order chi connectivity index (χ1) is 9.17. The van der Waals surface area contributed by atoms with Gasteiger partial charge < -0.3 is 4.90 Å². The van der Waals surface area contributed by atoms with Gasteiger partial charge in [-0.1, -0.05) is 6.07 Å². The van der Waals surface area contributed by atoms with Gasteiger partial charge in [-0.2, -0.15) is 13.2 Å². The summed E-state index contributed by atoms with van der Waals surface area (Å²) >= 11 is -0.0345. The summed E-state index contributed by atoms with van der Waals surface area (Å²) in [5, 5.41) is 0. The second-order valence-corrected chi connectivity index (χ2v) is 6.55. The average molecular weight is 305 g/mol. The highest BCUT2D eigenvalue weighted by Gasteiger charge is 2.29. The topological polar surface area (TPSA) is 3.24 Å². The Kier molecular flexibility index (Phi) is 6.40. The number of benzene rings is 1. The molecule has 0 saturated heterocycles. The fourth-order valence-corrected chi connectivity index (χ4v) is 2.74. The Morgan fingerprint density at radius 2 is 1.85 bits per heavy atom. The molecular formula is C15H22F3NS. The number of hydrogen-bond donors (Lipinski definition) is 0. The van der Waals surface area contributed by atoms with E-state index in [1.165, 1.54) is 0 Å². The fraction of sp³-hybridized carbons (Fsp3) is 0.600. The van der Waals surface area contributed by atoms with E-state index >= 15 is 0 Å². The van der Waals surface area contributed by atoms with Crippen LogP contribution in [0.2, 0.25) is 0 Å². The summed E-state index contributed by atoms with van der Waals surface area (Å²) in [5.74, 6) is 0.